The van der Waals surface area contributed by atoms with E-state index in [9.17, 15) is 0 Å². The van der Waals surface area contributed by atoms with Gasteiger partial charge in [0.15, 0.2) is 0 Å². The van der Waals surface area contributed by atoms with E-state index in [0.717, 1.165) is 30.9 Å². The molecule has 2 N–H and O–H groups in total. The van der Waals surface area contributed by atoms with Gasteiger partial charge in [-0.25, -0.2) is 0 Å². The Bertz CT molecular complexity index is 384. The Kier molecular flexibility index (Phi) is 2.71. The van der Waals surface area contributed by atoms with Crippen LogP contribution < -0.4 is 10.5 Å². The molecule has 0 aromatic heterocycles. The lowest BCUT2D eigenvalue weighted by Crippen LogP contribution is -2.48. The van der Waals surface area contributed by atoms with E-state index >= 15 is 0 Å². The lowest BCUT2D eigenvalue weighted by molar-refractivity contribution is -0.153. The first-order valence-corrected chi connectivity index (χ1v) is 6.42. The highest BCUT2D eigenvalue weighted by atomic mass is 16.5. The predicted molar refractivity (Wildman–Crippen MR) is 67.0 cm³/mol. The highest BCUT2D eigenvalue weighted by molar-refractivity contribution is 5.41. The molecular formula is C14H19NO2. The molecule has 2 aliphatic rings. The van der Waals surface area contributed by atoms with Gasteiger partial charge >= 0.3 is 0 Å². The molecule has 1 unspecified atom stereocenters. The molecule has 1 saturated carbocycles. The molecule has 0 amide bonds. The summed E-state index contributed by atoms with van der Waals surface area (Å²) >= 11 is 0. The summed E-state index contributed by atoms with van der Waals surface area (Å²) < 4.78 is 11.9. The van der Waals surface area contributed by atoms with E-state index in [1.165, 1.54) is 19.3 Å². The van der Waals surface area contributed by atoms with E-state index in [0.29, 0.717) is 6.10 Å². The standard InChI is InChI=1S/C14H19NO2/c15-11-2-4-12(5-3-11)17-13-6-9-16-14(10-13)7-1-8-14/h2-5,13H,1,6-10,15H2. The smallest absolute Gasteiger partial charge is 0.119 e. The van der Waals surface area contributed by atoms with E-state index in [1.807, 2.05) is 24.3 Å². The molecule has 3 nitrogen and oxygen atoms in total. The molecule has 1 saturated heterocycles. The Morgan fingerprint density at radius 1 is 1.24 bits per heavy atom. The third-order valence-corrected chi connectivity index (χ3v) is 3.90. The second-order valence-electron chi connectivity index (χ2n) is 5.19. The topological polar surface area (TPSA) is 44.5 Å². The third-order valence-electron chi connectivity index (χ3n) is 3.90. The average Bonchev–Trinajstić information content (AvgIpc) is 2.31. The van der Waals surface area contributed by atoms with E-state index in [4.69, 9.17) is 15.2 Å². The monoisotopic (exact) mass is 233 g/mol. The fourth-order valence-electron chi connectivity index (χ4n) is 2.74. The zero-order valence-electron chi connectivity index (χ0n) is 10.0. The molecule has 17 heavy (non-hydrogen) atoms. The van der Waals surface area contributed by atoms with Crippen LogP contribution in [0.2, 0.25) is 0 Å². The Labute approximate surface area is 102 Å². The van der Waals surface area contributed by atoms with Crippen molar-refractivity contribution in [1.82, 2.24) is 0 Å². The van der Waals surface area contributed by atoms with Gasteiger partial charge in [0.05, 0.1) is 12.2 Å². The van der Waals surface area contributed by atoms with Crippen LogP contribution in [0.25, 0.3) is 0 Å². The van der Waals surface area contributed by atoms with Gasteiger partial charge in [0, 0.05) is 18.5 Å². The molecule has 1 spiro atoms. The zero-order valence-corrected chi connectivity index (χ0v) is 10.0. The summed E-state index contributed by atoms with van der Waals surface area (Å²) in [6, 6.07) is 7.65. The number of nitrogen functional groups attached to an aromatic ring is 1. The molecule has 1 heterocycles. The van der Waals surface area contributed by atoms with Gasteiger partial charge in [0.1, 0.15) is 11.9 Å². The van der Waals surface area contributed by atoms with Gasteiger partial charge < -0.3 is 15.2 Å². The minimum Gasteiger partial charge on any atom is -0.490 e. The summed E-state index contributed by atoms with van der Waals surface area (Å²) in [5.41, 5.74) is 6.59. The van der Waals surface area contributed by atoms with E-state index < -0.39 is 0 Å². The maximum absolute atomic E-state index is 6.01. The maximum atomic E-state index is 6.01. The predicted octanol–water partition coefficient (Wildman–Crippen LogP) is 2.75. The summed E-state index contributed by atoms with van der Waals surface area (Å²) in [6.07, 6.45) is 6.04. The SMILES string of the molecule is Nc1ccc(OC2CCOC3(CCC3)C2)cc1. The normalized spacial score (nSPS) is 26.5. The molecule has 1 aliphatic carbocycles. The Morgan fingerprint density at radius 3 is 2.65 bits per heavy atom. The van der Waals surface area contributed by atoms with Gasteiger partial charge in [-0.2, -0.15) is 0 Å². The van der Waals surface area contributed by atoms with Crippen LogP contribution >= 0.6 is 0 Å². The van der Waals surface area contributed by atoms with Crippen molar-refractivity contribution >= 4 is 5.69 Å². The first-order valence-electron chi connectivity index (χ1n) is 6.42. The van der Waals surface area contributed by atoms with Crippen LogP contribution in [0.4, 0.5) is 5.69 Å². The highest BCUT2D eigenvalue weighted by Gasteiger charge is 2.43. The van der Waals surface area contributed by atoms with Crippen molar-refractivity contribution in [2.75, 3.05) is 12.3 Å². The van der Waals surface area contributed by atoms with Gasteiger partial charge in [-0.05, 0) is 43.5 Å². The number of ether oxygens (including phenoxy) is 2. The number of benzene rings is 1. The molecule has 92 valence electrons. The van der Waals surface area contributed by atoms with Crippen molar-refractivity contribution in [3.05, 3.63) is 24.3 Å². The fourth-order valence-corrected chi connectivity index (χ4v) is 2.74. The molecule has 3 rings (SSSR count). The van der Waals surface area contributed by atoms with Gasteiger partial charge in [0.25, 0.3) is 0 Å². The van der Waals surface area contributed by atoms with Crippen molar-refractivity contribution in [1.29, 1.82) is 0 Å². The van der Waals surface area contributed by atoms with Crippen molar-refractivity contribution in [3.8, 4) is 5.75 Å². The fraction of sp³-hybridized carbons (Fsp3) is 0.571. The van der Waals surface area contributed by atoms with Gasteiger partial charge in [-0.3, -0.25) is 0 Å². The largest absolute Gasteiger partial charge is 0.490 e. The van der Waals surface area contributed by atoms with Crippen LogP contribution in [0, 0.1) is 0 Å². The van der Waals surface area contributed by atoms with Gasteiger partial charge in [-0.1, -0.05) is 0 Å². The second-order valence-corrected chi connectivity index (χ2v) is 5.19. The van der Waals surface area contributed by atoms with Crippen molar-refractivity contribution in [3.63, 3.8) is 0 Å². The molecule has 1 aromatic rings. The third kappa shape index (κ3) is 2.25. The molecule has 1 atom stereocenters. The van der Waals surface area contributed by atoms with Crippen LogP contribution in [0.3, 0.4) is 0 Å². The Balaban J connectivity index is 1.63. The number of hydrogen-bond acceptors (Lipinski definition) is 3. The van der Waals surface area contributed by atoms with Crippen LogP contribution in [0.5, 0.6) is 5.75 Å². The first-order chi connectivity index (χ1) is 8.26. The van der Waals surface area contributed by atoms with Crippen LogP contribution in [0.1, 0.15) is 32.1 Å². The number of rotatable bonds is 2. The second kappa shape index (κ2) is 4.22. The average molecular weight is 233 g/mol. The van der Waals surface area contributed by atoms with Crippen molar-refractivity contribution < 1.29 is 9.47 Å². The molecule has 1 aromatic carbocycles. The van der Waals surface area contributed by atoms with Crippen LogP contribution in [-0.4, -0.2) is 18.3 Å². The highest BCUT2D eigenvalue weighted by Crippen LogP contribution is 2.43. The number of anilines is 1. The summed E-state index contributed by atoms with van der Waals surface area (Å²) in [6.45, 7) is 0.833. The maximum Gasteiger partial charge on any atom is 0.119 e. The quantitative estimate of drug-likeness (QED) is 0.799. The summed E-state index contributed by atoms with van der Waals surface area (Å²) in [7, 11) is 0. The Hall–Kier alpha value is -1.22. The van der Waals surface area contributed by atoms with Crippen LogP contribution in [0.15, 0.2) is 24.3 Å². The zero-order chi connectivity index (χ0) is 11.7. The van der Waals surface area contributed by atoms with E-state index in [2.05, 4.69) is 0 Å². The summed E-state index contributed by atoms with van der Waals surface area (Å²) in [4.78, 5) is 0. The van der Waals surface area contributed by atoms with Crippen molar-refractivity contribution in [2.24, 2.45) is 0 Å². The van der Waals surface area contributed by atoms with E-state index in [1.54, 1.807) is 0 Å². The first kappa shape index (κ1) is 10.9. The van der Waals surface area contributed by atoms with Crippen LogP contribution in [-0.2, 0) is 4.74 Å². The minimum atomic E-state index is 0.150. The molecule has 0 radical (unpaired) electrons. The van der Waals surface area contributed by atoms with Crippen molar-refractivity contribution in [2.45, 2.75) is 43.8 Å². The number of hydrogen-bond donors (Lipinski definition) is 1. The minimum absolute atomic E-state index is 0.150. The van der Waals surface area contributed by atoms with Gasteiger partial charge in [-0.15, -0.1) is 0 Å². The lowest BCUT2D eigenvalue weighted by atomic mass is 9.74. The molecular weight excluding hydrogens is 214 g/mol. The van der Waals surface area contributed by atoms with E-state index in [-0.39, 0.29) is 5.60 Å². The molecule has 2 fully saturated rings. The number of nitrogens with two attached hydrogens (primary N) is 1. The molecule has 0 bridgehead atoms. The molecule has 3 heteroatoms. The summed E-state index contributed by atoms with van der Waals surface area (Å²) in [5.74, 6) is 0.917. The summed E-state index contributed by atoms with van der Waals surface area (Å²) in [5, 5.41) is 0. The Morgan fingerprint density at radius 2 is 2.00 bits per heavy atom. The molecule has 1 aliphatic heterocycles. The van der Waals surface area contributed by atoms with Gasteiger partial charge in [0.2, 0.25) is 0 Å². The lowest BCUT2D eigenvalue weighted by Gasteiger charge is -2.46.